The molecule has 0 aliphatic rings. The summed E-state index contributed by atoms with van der Waals surface area (Å²) in [6.45, 7) is 0.268. The summed E-state index contributed by atoms with van der Waals surface area (Å²) in [4.78, 5) is 0. The van der Waals surface area contributed by atoms with E-state index in [4.69, 9.17) is 5.11 Å². The lowest BCUT2D eigenvalue weighted by atomic mass is 10.2. The van der Waals surface area contributed by atoms with Crippen LogP contribution < -0.4 is 0 Å². The summed E-state index contributed by atoms with van der Waals surface area (Å²) in [6, 6.07) is 0. The summed E-state index contributed by atoms with van der Waals surface area (Å²) in [5.74, 6) is 0.133. The maximum atomic E-state index is 10.7. The largest absolute Gasteiger partial charge is 0.391 e. The summed E-state index contributed by atoms with van der Waals surface area (Å²) >= 11 is 0. The first-order valence-electron chi connectivity index (χ1n) is 3.80. The van der Waals surface area contributed by atoms with Crippen molar-refractivity contribution >= 4 is 9.84 Å². The van der Waals surface area contributed by atoms with Crippen LogP contribution in [-0.2, 0) is 14.6 Å². The molecule has 1 unspecified atom stereocenters. The lowest BCUT2D eigenvalue weighted by Gasteiger charge is -2.07. The van der Waals surface area contributed by atoms with Crippen molar-refractivity contribution in [2.45, 2.75) is 18.9 Å². The van der Waals surface area contributed by atoms with E-state index in [-0.39, 0.29) is 12.4 Å². The Labute approximate surface area is 73.5 Å². The highest BCUT2D eigenvalue weighted by Gasteiger charge is 2.06. The predicted molar refractivity (Wildman–Crippen MR) is 46.8 cm³/mol. The number of ether oxygens (including phenoxy) is 1. The average molecular weight is 196 g/mol. The van der Waals surface area contributed by atoms with E-state index in [1.165, 1.54) is 13.4 Å². The molecule has 74 valence electrons. The molecule has 0 rings (SSSR count). The first-order chi connectivity index (χ1) is 5.45. The van der Waals surface area contributed by atoms with Crippen LogP contribution in [0, 0.1) is 0 Å². The van der Waals surface area contributed by atoms with E-state index in [0.717, 1.165) is 0 Å². The topological polar surface area (TPSA) is 63.6 Å². The quantitative estimate of drug-likeness (QED) is 0.640. The van der Waals surface area contributed by atoms with Crippen molar-refractivity contribution in [3.05, 3.63) is 0 Å². The third-order valence-electron chi connectivity index (χ3n) is 1.41. The number of rotatable bonds is 6. The molecule has 0 saturated carbocycles. The van der Waals surface area contributed by atoms with Crippen LogP contribution in [-0.4, -0.2) is 45.4 Å². The number of aliphatic hydroxyl groups is 1. The Balaban J connectivity index is 3.44. The van der Waals surface area contributed by atoms with Gasteiger partial charge in [0.25, 0.3) is 0 Å². The molecule has 0 radical (unpaired) electrons. The van der Waals surface area contributed by atoms with Crippen LogP contribution in [0.15, 0.2) is 0 Å². The van der Waals surface area contributed by atoms with Crippen molar-refractivity contribution in [1.29, 1.82) is 0 Å². The van der Waals surface area contributed by atoms with Gasteiger partial charge >= 0.3 is 0 Å². The zero-order valence-electron chi connectivity index (χ0n) is 7.49. The first-order valence-corrected chi connectivity index (χ1v) is 5.86. The summed E-state index contributed by atoms with van der Waals surface area (Å²) < 4.78 is 26.0. The molecule has 0 fully saturated rings. The first kappa shape index (κ1) is 11.9. The molecule has 0 aliphatic heterocycles. The van der Waals surface area contributed by atoms with Gasteiger partial charge in [-0.25, -0.2) is 8.42 Å². The minimum Gasteiger partial charge on any atom is -0.391 e. The zero-order valence-corrected chi connectivity index (χ0v) is 8.30. The van der Waals surface area contributed by atoms with E-state index < -0.39 is 15.9 Å². The van der Waals surface area contributed by atoms with Gasteiger partial charge in [-0.3, -0.25) is 0 Å². The van der Waals surface area contributed by atoms with Crippen LogP contribution >= 0.6 is 0 Å². The van der Waals surface area contributed by atoms with Crippen LogP contribution in [0.2, 0.25) is 0 Å². The molecule has 5 heteroatoms. The van der Waals surface area contributed by atoms with E-state index in [1.54, 1.807) is 0 Å². The maximum Gasteiger partial charge on any atom is 0.147 e. The van der Waals surface area contributed by atoms with Crippen molar-refractivity contribution in [3.8, 4) is 0 Å². The Bertz CT molecular complexity index is 197. The second-order valence-corrected chi connectivity index (χ2v) is 5.14. The van der Waals surface area contributed by atoms with Gasteiger partial charge in [-0.2, -0.15) is 0 Å². The number of sulfone groups is 1. The van der Waals surface area contributed by atoms with E-state index in [0.29, 0.717) is 12.8 Å². The number of methoxy groups -OCH3 is 1. The predicted octanol–water partition coefficient (Wildman–Crippen LogP) is -0.181. The van der Waals surface area contributed by atoms with Crippen molar-refractivity contribution in [1.82, 2.24) is 0 Å². The molecule has 0 aliphatic carbocycles. The van der Waals surface area contributed by atoms with Gasteiger partial charge in [0.1, 0.15) is 9.84 Å². The Morgan fingerprint density at radius 1 is 1.50 bits per heavy atom. The van der Waals surface area contributed by atoms with Gasteiger partial charge in [-0.05, 0) is 12.8 Å². The highest BCUT2D eigenvalue weighted by Crippen LogP contribution is 1.99. The van der Waals surface area contributed by atoms with Gasteiger partial charge in [0.05, 0.1) is 12.7 Å². The second kappa shape index (κ2) is 5.50. The summed E-state index contributed by atoms with van der Waals surface area (Å²) in [5.41, 5.74) is 0. The van der Waals surface area contributed by atoms with Gasteiger partial charge in [0.2, 0.25) is 0 Å². The van der Waals surface area contributed by atoms with Crippen molar-refractivity contribution in [3.63, 3.8) is 0 Å². The number of aliphatic hydroxyl groups excluding tert-OH is 1. The van der Waals surface area contributed by atoms with E-state index in [9.17, 15) is 8.42 Å². The molecule has 0 aromatic carbocycles. The molecule has 1 atom stereocenters. The Hall–Kier alpha value is -0.130. The third-order valence-corrected chi connectivity index (χ3v) is 2.44. The normalized spacial score (nSPS) is 14.6. The lowest BCUT2D eigenvalue weighted by Crippen LogP contribution is -2.15. The SMILES string of the molecule is COCC(O)CCCS(C)(=O)=O. The summed E-state index contributed by atoms with van der Waals surface area (Å²) in [6.07, 6.45) is 1.61. The van der Waals surface area contributed by atoms with Gasteiger partial charge in [-0.1, -0.05) is 0 Å². The summed E-state index contributed by atoms with van der Waals surface area (Å²) in [7, 11) is -1.39. The number of hydrogen-bond acceptors (Lipinski definition) is 4. The van der Waals surface area contributed by atoms with Gasteiger partial charge in [-0.15, -0.1) is 0 Å². The highest BCUT2D eigenvalue weighted by molar-refractivity contribution is 7.90. The van der Waals surface area contributed by atoms with E-state index in [2.05, 4.69) is 4.74 Å². The molecule has 0 spiro atoms. The fourth-order valence-corrected chi connectivity index (χ4v) is 1.55. The van der Waals surface area contributed by atoms with Crippen LogP contribution in [0.25, 0.3) is 0 Å². The zero-order chi connectivity index (χ0) is 9.61. The molecule has 0 heterocycles. The highest BCUT2D eigenvalue weighted by atomic mass is 32.2. The Kier molecular flexibility index (Phi) is 5.44. The molecule has 0 bridgehead atoms. The molecule has 0 aromatic heterocycles. The van der Waals surface area contributed by atoms with Crippen LogP contribution in [0.1, 0.15) is 12.8 Å². The van der Waals surface area contributed by atoms with E-state index in [1.807, 2.05) is 0 Å². The van der Waals surface area contributed by atoms with E-state index >= 15 is 0 Å². The summed E-state index contributed by atoms with van der Waals surface area (Å²) in [5, 5.41) is 9.13. The standard InChI is InChI=1S/C7H16O4S/c1-11-6-7(8)4-3-5-12(2,9)10/h7-8H,3-6H2,1-2H3. The van der Waals surface area contributed by atoms with Crippen LogP contribution in [0.5, 0.6) is 0 Å². The molecular weight excluding hydrogens is 180 g/mol. The van der Waals surface area contributed by atoms with Crippen LogP contribution in [0.3, 0.4) is 0 Å². The van der Waals surface area contributed by atoms with Gasteiger partial charge < -0.3 is 9.84 Å². The molecule has 0 saturated heterocycles. The maximum absolute atomic E-state index is 10.7. The molecule has 1 N–H and O–H groups in total. The average Bonchev–Trinajstić information content (AvgIpc) is 1.84. The number of hydrogen-bond donors (Lipinski definition) is 1. The van der Waals surface area contributed by atoms with Gasteiger partial charge in [0.15, 0.2) is 0 Å². The molecule has 4 nitrogen and oxygen atoms in total. The minimum atomic E-state index is -2.89. The van der Waals surface area contributed by atoms with Crippen molar-refractivity contribution in [2.75, 3.05) is 25.7 Å². The lowest BCUT2D eigenvalue weighted by molar-refractivity contribution is 0.0590. The molecule has 12 heavy (non-hydrogen) atoms. The Morgan fingerprint density at radius 3 is 2.50 bits per heavy atom. The second-order valence-electron chi connectivity index (χ2n) is 2.88. The smallest absolute Gasteiger partial charge is 0.147 e. The Morgan fingerprint density at radius 2 is 2.08 bits per heavy atom. The fourth-order valence-electron chi connectivity index (χ4n) is 0.857. The van der Waals surface area contributed by atoms with Crippen molar-refractivity contribution < 1.29 is 18.3 Å². The van der Waals surface area contributed by atoms with Crippen LogP contribution in [0.4, 0.5) is 0 Å². The monoisotopic (exact) mass is 196 g/mol. The fraction of sp³-hybridized carbons (Fsp3) is 1.00. The minimum absolute atomic E-state index is 0.133. The molecule has 0 amide bonds. The van der Waals surface area contributed by atoms with Crippen molar-refractivity contribution in [2.24, 2.45) is 0 Å². The van der Waals surface area contributed by atoms with Gasteiger partial charge in [0, 0.05) is 19.1 Å². The third kappa shape index (κ3) is 7.97. The molecular formula is C7H16O4S. The molecule has 0 aromatic rings.